The van der Waals surface area contributed by atoms with Crippen molar-refractivity contribution in [1.29, 1.82) is 0 Å². The summed E-state index contributed by atoms with van der Waals surface area (Å²) in [6.45, 7) is 14.2. The maximum absolute atomic E-state index is 13.1. The molecule has 0 aliphatic rings. The fourth-order valence-corrected chi connectivity index (χ4v) is 13.1. The number of hydrogen-bond acceptors (Lipinski definition) is 15. The van der Waals surface area contributed by atoms with Crippen LogP contribution in [0.4, 0.5) is 0 Å². The van der Waals surface area contributed by atoms with E-state index in [1.165, 1.54) is 180 Å². The standard InChI is InChI=1S/C76H148O17P2/c1-9-68(7)54-46-38-30-24-20-16-12-14-18-22-26-32-42-50-58-75(80)92-71(62-87-74(79)57-49-41-33-27-29-37-45-53-67(5)6)64-90-94(82,83)88-60-70(77)61-89-95(84,85)91-65-72(93-76(81)59-51-43-35-34-39-47-55-69(8)10-2)63-86-73(78)56-48-40-31-25-21-17-13-11-15-19-23-28-36-44-52-66(3)4/h66-72,77H,9-65H2,1-8H3,(H,82,83)(H,84,85)/t68?,69?,70?,71-,72-/m1/s1. The molecule has 7 atom stereocenters. The largest absolute Gasteiger partial charge is 0.472 e. The lowest BCUT2D eigenvalue weighted by atomic mass is 9.99. The van der Waals surface area contributed by atoms with Crippen LogP contribution in [0.15, 0.2) is 0 Å². The number of rotatable bonds is 73. The van der Waals surface area contributed by atoms with E-state index in [0.29, 0.717) is 31.6 Å². The maximum Gasteiger partial charge on any atom is 0.472 e. The Morgan fingerprint density at radius 2 is 0.505 bits per heavy atom. The first-order valence-electron chi connectivity index (χ1n) is 39.3. The van der Waals surface area contributed by atoms with Gasteiger partial charge in [0.15, 0.2) is 12.2 Å². The summed E-state index contributed by atoms with van der Waals surface area (Å²) in [6, 6.07) is 0. The third-order valence-electron chi connectivity index (χ3n) is 18.3. The van der Waals surface area contributed by atoms with E-state index >= 15 is 0 Å². The molecule has 0 aliphatic heterocycles. The minimum Gasteiger partial charge on any atom is -0.462 e. The molecule has 0 spiro atoms. The van der Waals surface area contributed by atoms with Gasteiger partial charge in [0.2, 0.25) is 0 Å². The molecule has 0 aromatic rings. The van der Waals surface area contributed by atoms with Gasteiger partial charge < -0.3 is 33.8 Å². The number of phosphoric ester groups is 2. The second-order valence-electron chi connectivity index (χ2n) is 28.8. The predicted molar refractivity (Wildman–Crippen MR) is 386 cm³/mol. The average Bonchev–Trinajstić information content (AvgIpc) is 2.75. The summed E-state index contributed by atoms with van der Waals surface area (Å²) in [5.74, 6) is 0.946. The van der Waals surface area contributed by atoms with Crippen molar-refractivity contribution < 1.29 is 80.2 Å². The number of ether oxygens (including phenoxy) is 4. The van der Waals surface area contributed by atoms with Crippen molar-refractivity contribution in [2.75, 3.05) is 39.6 Å². The highest BCUT2D eigenvalue weighted by molar-refractivity contribution is 7.47. The molecule has 5 unspecified atom stereocenters. The molecular weight excluding hydrogens is 1250 g/mol. The Morgan fingerprint density at radius 3 is 0.747 bits per heavy atom. The van der Waals surface area contributed by atoms with Crippen LogP contribution in [0, 0.1) is 23.7 Å². The van der Waals surface area contributed by atoms with Gasteiger partial charge in [-0.05, 0) is 49.4 Å². The highest BCUT2D eigenvalue weighted by Gasteiger charge is 2.30. The lowest BCUT2D eigenvalue weighted by Gasteiger charge is -2.21. The van der Waals surface area contributed by atoms with Crippen molar-refractivity contribution in [2.24, 2.45) is 23.7 Å². The number of carbonyl (C=O) groups excluding carboxylic acids is 4. The van der Waals surface area contributed by atoms with Crippen LogP contribution >= 0.6 is 15.6 Å². The summed E-state index contributed by atoms with van der Waals surface area (Å²) in [5.41, 5.74) is 0. The first-order chi connectivity index (χ1) is 45.7. The van der Waals surface area contributed by atoms with Gasteiger partial charge in [-0.25, -0.2) is 9.13 Å². The quantitative estimate of drug-likeness (QED) is 0.0222. The first-order valence-corrected chi connectivity index (χ1v) is 42.3. The molecule has 95 heavy (non-hydrogen) atoms. The van der Waals surface area contributed by atoms with Crippen LogP contribution in [-0.4, -0.2) is 96.7 Å². The minimum absolute atomic E-state index is 0.103. The number of unbranched alkanes of at least 4 members (excludes halogenated alkanes) is 37. The smallest absolute Gasteiger partial charge is 0.462 e. The number of aliphatic hydroxyl groups excluding tert-OH is 1. The summed E-state index contributed by atoms with van der Waals surface area (Å²) < 4.78 is 68.5. The zero-order valence-electron chi connectivity index (χ0n) is 62.3. The summed E-state index contributed by atoms with van der Waals surface area (Å²) >= 11 is 0. The van der Waals surface area contributed by atoms with Crippen LogP contribution in [0.5, 0.6) is 0 Å². The predicted octanol–water partition coefficient (Wildman–Crippen LogP) is 22.0. The Labute approximate surface area is 581 Å². The van der Waals surface area contributed by atoms with E-state index in [2.05, 4.69) is 55.4 Å². The summed E-state index contributed by atoms with van der Waals surface area (Å²) in [4.78, 5) is 72.8. The highest BCUT2D eigenvalue weighted by atomic mass is 31.2. The molecule has 3 N–H and O–H groups in total. The monoisotopic (exact) mass is 1400 g/mol. The highest BCUT2D eigenvalue weighted by Crippen LogP contribution is 2.45. The number of esters is 4. The third kappa shape index (κ3) is 67.6. The molecule has 0 radical (unpaired) electrons. The molecule has 19 heteroatoms. The lowest BCUT2D eigenvalue weighted by molar-refractivity contribution is -0.161. The van der Waals surface area contributed by atoms with E-state index in [4.69, 9.17) is 37.0 Å². The number of phosphoric acid groups is 2. The van der Waals surface area contributed by atoms with Crippen molar-refractivity contribution in [1.82, 2.24) is 0 Å². The first kappa shape index (κ1) is 93.1. The molecule has 0 aliphatic carbocycles. The Morgan fingerprint density at radius 1 is 0.295 bits per heavy atom. The van der Waals surface area contributed by atoms with Gasteiger partial charge in [0.25, 0.3) is 0 Å². The number of hydrogen-bond donors (Lipinski definition) is 3. The average molecular weight is 1400 g/mol. The zero-order chi connectivity index (χ0) is 70.3. The van der Waals surface area contributed by atoms with Crippen LogP contribution < -0.4 is 0 Å². The van der Waals surface area contributed by atoms with Gasteiger partial charge in [-0.3, -0.25) is 37.3 Å². The van der Waals surface area contributed by atoms with Crippen LogP contribution in [0.1, 0.15) is 383 Å². The fraction of sp³-hybridized carbons (Fsp3) is 0.947. The molecule has 0 saturated carbocycles. The van der Waals surface area contributed by atoms with Crippen molar-refractivity contribution in [3.8, 4) is 0 Å². The molecule has 0 rings (SSSR count). The second-order valence-corrected chi connectivity index (χ2v) is 31.7. The van der Waals surface area contributed by atoms with Gasteiger partial charge >= 0.3 is 39.5 Å². The Kier molecular flexibility index (Phi) is 64.0. The SMILES string of the molecule is CCC(C)CCCCCCCCCCCCCCCCC(=O)O[C@H](COC(=O)CCCCCCCCCC(C)C)COP(=O)(O)OCC(O)COP(=O)(O)OC[C@@H](COC(=O)CCCCCCCCCCCCCCCCC(C)C)OC(=O)CCCCCCCCC(C)CC. The summed E-state index contributed by atoms with van der Waals surface area (Å²) in [7, 11) is -9.91. The molecule has 0 saturated heterocycles. The van der Waals surface area contributed by atoms with Gasteiger partial charge in [0.1, 0.15) is 19.3 Å². The molecule has 0 heterocycles. The molecule has 564 valence electrons. The van der Waals surface area contributed by atoms with Crippen LogP contribution in [-0.2, 0) is 65.4 Å². The van der Waals surface area contributed by atoms with Gasteiger partial charge in [0, 0.05) is 25.7 Å². The third-order valence-corrected chi connectivity index (χ3v) is 20.2. The number of aliphatic hydroxyl groups is 1. The number of carbonyl (C=O) groups is 4. The summed E-state index contributed by atoms with van der Waals surface area (Å²) in [5, 5.41) is 10.6. The zero-order valence-corrected chi connectivity index (χ0v) is 64.1. The van der Waals surface area contributed by atoms with Crippen molar-refractivity contribution in [3.05, 3.63) is 0 Å². The lowest BCUT2D eigenvalue weighted by Crippen LogP contribution is -2.30. The van der Waals surface area contributed by atoms with E-state index < -0.39 is 97.5 Å². The topological polar surface area (TPSA) is 237 Å². The molecule has 17 nitrogen and oxygen atoms in total. The van der Waals surface area contributed by atoms with E-state index in [9.17, 15) is 43.2 Å². The van der Waals surface area contributed by atoms with Crippen molar-refractivity contribution in [2.45, 2.75) is 401 Å². The van der Waals surface area contributed by atoms with Crippen LogP contribution in [0.3, 0.4) is 0 Å². The van der Waals surface area contributed by atoms with E-state index in [0.717, 1.165) is 114 Å². The van der Waals surface area contributed by atoms with Crippen LogP contribution in [0.25, 0.3) is 0 Å². The van der Waals surface area contributed by atoms with E-state index in [-0.39, 0.29) is 25.7 Å². The Balaban J connectivity index is 5.19. The fourth-order valence-electron chi connectivity index (χ4n) is 11.5. The maximum atomic E-state index is 13.1. The minimum atomic E-state index is -4.96. The second kappa shape index (κ2) is 65.4. The van der Waals surface area contributed by atoms with E-state index in [1.807, 2.05) is 0 Å². The molecule has 0 amide bonds. The molecule has 0 aromatic carbocycles. The van der Waals surface area contributed by atoms with Gasteiger partial charge in [-0.1, -0.05) is 331 Å². The van der Waals surface area contributed by atoms with Crippen molar-refractivity contribution >= 4 is 39.5 Å². The molecule has 0 fully saturated rings. The Bertz CT molecular complexity index is 1870. The van der Waals surface area contributed by atoms with E-state index in [1.54, 1.807) is 0 Å². The van der Waals surface area contributed by atoms with Gasteiger partial charge in [0.05, 0.1) is 26.4 Å². The van der Waals surface area contributed by atoms with Gasteiger partial charge in [-0.2, -0.15) is 0 Å². The molecular formula is C76H148O17P2. The van der Waals surface area contributed by atoms with Crippen LogP contribution in [0.2, 0.25) is 0 Å². The van der Waals surface area contributed by atoms with Gasteiger partial charge in [-0.15, -0.1) is 0 Å². The normalized spacial score (nSPS) is 14.7. The summed E-state index contributed by atoms with van der Waals surface area (Å²) in [6.07, 6.45) is 50.1. The molecule has 0 aromatic heterocycles. The Hall–Kier alpha value is -1.94. The van der Waals surface area contributed by atoms with Crippen molar-refractivity contribution in [3.63, 3.8) is 0 Å². The molecule has 0 bridgehead atoms.